The highest BCUT2D eigenvalue weighted by molar-refractivity contribution is 5.89. The lowest BCUT2D eigenvalue weighted by Crippen LogP contribution is -2.57. The van der Waals surface area contributed by atoms with Crippen LogP contribution in [0.4, 0.5) is 0 Å². The number of rotatable bonds is 5. The number of nitrogens with zero attached hydrogens (tertiary/aromatic N) is 1. The quantitative estimate of drug-likeness (QED) is 0.696. The lowest BCUT2D eigenvalue weighted by Gasteiger charge is -2.36. The third-order valence-corrected chi connectivity index (χ3v) is 3.57. The monoisotopic (exact) mass is 269 g/mol. The van der Waals surface area contributed by atoms with Crippen LogP contribution >= 0.6 is 0 Å². The molecule has 0 aromatic carbocycles. The third kappa shape index (κ3) is 3.67. The van der Waals surface area contributed by atoms with E-state index in [1.807, 2.05) is 14.0 Å². The van der Waals surface area contributed by atoms with Crippen molar-refractivity contribution < 1.29 is 14.3 Å². The Morgan fingerprint density at radius 2 is 2.16 bits per heavy atom. The van der Waals surface area contributed by atoms with Crippen LogP contribution in [0.1, 0.15) is 19.8 Å². The lowest BCUT2D eigenvalue weighted by molar-refractivity contribution is -0.151. The molecular formula is C13H23N3O3. The second-order valence-electron chi connectivity index (χ2n) is 5.36. The molecule has 0 bridgehead atoms. The number of hydrogen-bond donors (Lipinski definition) is 2. The van der Waals surface area contributed by atoms with Crippen LogP contribution in [0.3, 0.4) is 0 Å². The highest BCUT2D eigenvalue weighted by Gasteiger charge is 2.36. The summed E-state index contributed by atoms with van der Waals surface area (Å²) in [7, 11) is 1.82. The average molecular weight is 269 g/mol. The van der Waals surface area contributed by atoms with Crippen LogP contribution in [-0.2, 0) is 14.3 Å². The number of hydrogen-bond acceptors (Lipinski definition) is 4. The van der Waals surface area contributed by atoms with E-state index < -0.39 is 6.04 Å². The number of nitrogens with one attached hydrogen (secondary N) is 2. The number of ether oxygens (including phenoxy) is 1. The summed E-state index contributed by atoms with van der Waals surface area (Å²) in [5, 5.41) is 5.95. The molecule has 19 heavy (non-hydrogen) atoms. The maximum atomic E-state index is 12.4. The molecule has 1 heterocycles. The van der Waals surface area contributed by atoms with Crippen molar-refractivity contribution in [3.63, 3.8) is 0 Å². The molecule has 1 aliphatic carbocycles. The minimum absolute atomic E-state index is 0.0218. The van der Waals surface area contributed by atoms with Crippen molar-refractivity contribution in [2.45, 2.75) is 31.8 Å². The predicted octanol–water partition coefficient (Wildman–Crippen LogP) is -0.652. The molecule has 2 N–H and O–H groups in total. The molecule has 1 saturated heterocycles. The van der Waals surface area contributed by atoms with Crippen molar-refractivity contribution in [3.05, 3.63) is 0 Å². The van der Waals surface area contributed by atoms with Crippen LogP contribution in [0.15, 0.2) is 0 Å². The second kappa shape index (κ2) is 6.34. The van der Waals surface area contributed by atoms with E-state index in [9.17, 15) is 9.59 Å². The molecular weight excluding hydrogens is 246 g/mol. The van der Waals surface area contributed by atoms with Gasteiger partial charge < -0.3 is 20.3 Å². The minimum atomic E-state index is -0.471. The summed E-state index contributed by atoms with van der Waals surface area (Å²) in [5.41, 5.74) is 0. The molecule has 1 saturated carbocycles. The van der Waals surface area contributed by atoms with Gasteiger partial charge in [-0.1, -0.05) is 6.92 Å². The molecule has 2 rings (SSSR count). The van der Waals surface area contributed by atoms with Gasteiger partial charge in [0.15, 0.2) is 0 Å². The highest BCUT2D eigenvalue weighted by atomic mass is 16.5. The van der Waals surface area contributed by atoms with Gasteiger partial charge in [-0.15, -0.1) is 0 Å². The van der Waals surface area contributed by atoms with Crippen LogP contribution in [0.5, 0.6) is 0 Å². The van der Waals surface area contributed by atoms with E-state index in [2.05, 4.69) is 10.6 Å². The third-order valence-electron chi connectivity index (χ3n) is 3.57. The van der Waals surface area contributed by atoms with Gasteiger partial charge in [0.2, 0.25) is 11.8 Å². The summed E-state index contributed by atoms with van der Waals surface area (Å²) in [6, 6.07) is -0.165. The molecule has 0 spiro atoms. The summed E-state index contributed by atoms with van der Waals surface area (Å²) in [6.07, 6.45) is 2.09. The molecule has 6 nitrogen and oxygen atoms in total. The Kier molecular flexibility index (Phi) is 4.76. The molecule has 2 amide bonds. The SMILES string of the molecule is CNCC(C)C(=O)N1CCOCC1C(=O)NC1CC1. The van der Waals surface area contributed by atoms with Crippen molar-refractivity contribution in [2.75, 3.05) is 33.4 Å². The van der Waals surface area contributed by atoms with Gasteiger partial charge >= 0.3 is 0 Å². The van der Waals surface area contributed by atoms with Gasteiger partial charge in [0.05, 0.1) is 13.2 Å². The number of carbonyl (C=O) groups is 2. The molecule has 0 aromatic rings. The van der Waals surface area contributed by atoms with Crippen molar-refractivity contribution in [2.24, 2.45) is 5.92 Å². The Hall–Kier alpha value is -1.14. The topological polar surface area (TPSA) is 70.7 Å². The van der Waals surface area contributed by atoms with E-state index >= 15 is 0 Å². The van der Waals surface area contributed by atoms with Gasteiger partial charge in [-0.2, -0.15) is 0 Å². The molecule has 0 radical (unpaired) electrons. The van der Waals surface area contributed by atoms with Crippen molar-refractivity contribution >= 4 is 11.8 Å². The zero-order valence-corrected chi connectivity index (χ0v) is 11.6. The summed E-state index contributed by atoms with van der Waals surface area (Å²) < 4.78 is 5.35. The molecule has 2 unspecified atom stereocenters. The summed E-state index contributed by atoms with van der Waals surface area (Å²) in [4.78, 5) is 26.2. The van der Waals surface area contributed by atoms with Crippen molar-refractivity contribution in [1.29, 1.82) is 0 Å². The smallest absolute Gasteiger partial charge is 0.245 e. The van der Waals surface area contributed by atoms with E-state index in [1.165, 1.54) is 0 Å². The molecule has 1 aliphatic heterocycles. The molecule has 2 aliphatic rings. The first-order valence-electron chi connectivity index (χ1n) is 6.96. The fourth-order valence-corrected chi connectivity index (χ4v) is 2.29. The normalized spacial score (nSPS) is 24.9. The highest BCUT2D eigenvalue weighted by Crippen LogP contribution is 2.20. The molecule has 0 aromatic heterocycles. The Labute approximate surface area is 113 Å². The van der Waals surface area contributed by atoms with Crippen LogP contribution in [-0.4, -0.2) is 62.1 Å². The summed E-state index contributed by atoms with van der Waals surface area (Å²) >= 11 is 0. The van der Waals surface area contributed by atoms with E-state index in [-0.39, 0.29) is 17.7 Å². The van der Waals surface area contributed by atoms with E-state index in [1.54, 1.807) is 4.90 Å². The van der Waals surface area contributed by atoms with Crippen molar-refractivity contribution in [3.8, 4) is 0 Å². The molecule has 6 heteroatoms. The molecule has 2 fully saturated rings. The zero-order valence-electron chi connectivity index (χ0n) is 11.6. The Balaban J connectivity index is 1.97. The largest absolute Gasteiger partial charge is 0.377 e. The Bertz CT molecular complexity index is 344. The summed E-state index contributed by atoms with van der Waals surface area (Å²) in [5.74, 6) is -0.180. The van der Waals surface area contributed by atoms with Crippen LogP contribution in [0.2, 0.25) is 0 Å². The molecule has 108 valence electrons. The van der Waals surface area contributed by atoms with Gasteiger partial charge in [0.25, 0.3) is 0 Å². The van der Waals surface area contributed by atoms with Gasteiger partial charge in [0, 0.05) is 25.0 Å². The van der Waals surface area contributed by atoms with Crippen LogP contribution in [0.25, 0.3) is 0 Å². The predicted molar refractivity (Wildman–Crippen MR) is 70.6 cm³/mol. The lowest BCUT2D eigenvalue weighted by atomic mass is 10.1. The Morgan fingerprint density at radius 1 is 1.42 bits per heavy atom. The Morgan fingerprint density at radius 3 is 2.79 bits per heavy atom. The average Bonchev–Trinajstić information content (AvgIpc) is 3.22. The minimum Gasteiger partial charge on any atom is -0.377 e. The van der Waals surface area contributed by atoms with Gasteiger partial charge in [-0.25, -0.2) is 0 Å². The van der Waals surface area contributed by atoms with E-state index in [0.717, 1.165) is 12.8 Å². The van der Waals surface area contributed by atoms with Gasteiger partial charge in [0.1, 0.15) is 6.04 Å². The van der Waals surface area contributed by atoms with E-state index in [4.69, 9.17) is 4.74 Å². The molecule has 2 atom stereocenters. The first-order valence-corrected chi connectivity index (χ1v) is 6.96. The number of amides is 2. The van der Waals surface area contributed by atoms with Crippen LogP contribution < -0.4 is 10.6 Å². The van der Waals surface area contributed by atoms with Crippen molar-refractivity contribution in [1.82, 2.24) is 15.5 Å². The van der Waals surface area contributed by atoms with Gasteiger partial charge in [-0.3, -0.25) is 9.59 Å². The maximum absolute atomic E-state index is 12.4. The summed E-state index contributed by atoms with van der Waals surface area (Å²) in [6.45, 7) is 3.80. The zero-order chi connectivity index (χ0) is 13.8. The second-order valence-corrected chi connectivity index (χ2v) is 5.36. The maximum Gasteiger partial charge on any atom is 0.245 e. The fourth-order valence-electron chi connectivity index (χ4n) is 2.29. The van der Waals surface area contributed by atoms with E-state index in [0.29, 0.717) is 32.3 Å². The standard InChI is InChI=1S/C13H23N3O3/c1-9(7-14-2)13(18)16-5-6-19-8-11(16)12(17)15-10-3-4-10/h9-11,14H,3-8H2,1-2H3,(H,15,17). The number of morpholine rings is 1. The van der Waals surface area contributed by atoms with Crippen LogP contribution in [0, 0.1) is 5.92 Å². The fraction of sp³-hybridized carbons (Fsp3) is 0.846. The number of carbonyl (C=O) groups excluding carboxylic acids is 2. The first kappa shape index (κ1) is 14.3. The first-order chi connectivity index (χ1) is 9.13. The van der Waals surface area contributed by atoms with Gasteiger partial charge in [-0.05, 0) is 19.9 Å².